The van der Waals surface area contributed by atoms with Crippen LogP contribution in [0.2, 0.25) is 0 Å². The number of nitro benzene ring substituents is 2. The molecule has 2 N–H and O–H groups in total. The van der Waals surface area contributed by atoms with Crippen LogP contribution in [0.5, 0.6) is 0 Å². The van der Waals surface area contributed by atoms with Gasteiger partial charge in [-0.25, -0.2) is 0 Å². The van der Waals surface area contributed by atoms with Gasteiger partial charge in [0, 0.05) is 26.2 Å². The molecule has 3 aromatic rings. The van der Waals surface area contributed by atoms with E-state index in [1.165, 1.54) is 57.6 Å². The minimum absolute atomic E-state index is 0.0595. The second kappa shape index (κ2) is 18.7. The van der Waals surface area contributed by atoms with E-state index in [2.05, 4.69) is 33.2 Å². The van der Waals surface area contributed by atoms with Gasteiger partial charge in [0.05, 0.1) is 15.4 Å². The Morgan fingerprint density at radius 1 is 1.08 bits per heavy atom. The molecule has 188 valence electrons. The van der Waals surface area contributed by atoms with Crippen molar-refractivity contribution in [3.05, 3.63) is 79.8 Å². The number of aromatic nitrogens is 2. The first kappa shape index (κ1) is 31.5. The third-order valence-corrected chi connectivity index (χ3v) is 14.1. The van der Waals surface area contributed by atoms with Crippen molar-refractivity contribution in [2.75, 3.05) is 0 Å². The van der Waals surface area contributed by atoms with E-state index in [1.807, 2.05) is 10.9 Å². The molecule has 0 spiro atoms. The Kier molecular flexibility index (Phi) is 16.3. The number of hydrogen-bond donors (Lipinski definition) is 2. The monoisotopic (exact) mass is 638 g/mol. The van der Waals surface area contributed by atoms with E-state index in [9.17, 15) is 29.8 Å². The number of nitrogens with zero attached hydrogens (tertiary/aromatic N) is 4. The molecule has 0 bridgehead atoms. The van der Waals surface area contributed by atoms with Gasteiger partial charge in [0.1, 0.15) is 11.1 Å². The summed E-state index contributed by atoms with van der Waals surface area (Å²) in [6.45, 7) is 0. The number of benzene rings is 2. The second-order valence-corrected chi connectivity index (χ2v) is 15.9. The number of hydrogen-bond acceptors (Lipinski definition) is 11. The van der Waals surface area contributed by atoms with Crippen LogP contribution >= 0.6 is 25.4 Å². The van der Waals surface area contributed by atoms with Crippen LogP contribution in [0.15, 0.2) is 54.0 Å². The first-order chi connectivity index (χ1) is 17.4. The van der Waals surface area contributed by atoms with Crippen molar-refractivity contribution in [3.63, 3.8) is 0 Å². The average Bonchev–Trinajstić information content (AvgIpc) is 3.43. The van der Waals surface area contributed by atoms with E-state index in [1.54, 1.807) is 42.1 Å². The van der Waals surface area contributed by atoms with Crippen molar-refractivity contribution in [2.24, 2.45) is 0 Å². The van der Waals surface area contributed by atoms with E-state index in [0.717, 1.165) is 7.04 Å². The lowest BCUT2D eigenvalue weighted by Gasteiger charge is -2.02. The Hall–Kier alpha value is -2.56. The summed E-state index contributed by atoms with van der Waals surface area (Å²) in [7, 11) is 6.83. The Labute approximate surface area is 229 Å². The summed E-state index contributed by atoms with van der Waals surface area (Å²) in [4.78, 5) is 41.3. The molecule has 0 atom stereocenters. The highest BCUT2D eigenvalue weighted by Crippen LogP contribution is 2.29. The topological polar surface area (TPSA) is 170 Å². The number of para-hydroxylation sites is 2. The fraction of sp³-hybridized carbons (Fsp3) is 0. The minimum atomic E-state index is -0.741. The van der Waals surface area contributed by atoms with Gasteiger partial charge in [-0.1, -0.05) is 35.6 Å². The fourth-order valence-corrected chi connectivity index (χ4v) is 12.3. The van der Waals surface area contributed by atoms with Crippen LogP contribution in [-0.2, 0) is 55.0 Å². The van der Waals surface area contributed by atoms with Crippen molar-refractivity contribution in [1.29, 1.82) is 0 Å². The molecule has 12 nitrogen and oxygen atoms in total. The van der Waals surface area contributed by atoms with Crippen LogP contribution in [0, 0.1) is 20.2 Å². The van der Waals surface area contributed by atoms with Gasteiger partial charge >= 0.3 is 0 Å². The molecule has 36 heavy (non-hydrogen) atoms. The minimum Gasteiger partial charge on any atom is -0.277 e. The second-order valence-electron chi connectivity index (χ2n) is 5.38. The van der Waals surface area contributed by atoms with Gasteiger partial charge in [0.25, 0.3) is 17.3 Å². The highest BCUT2D eigenvalue weighted by molar-refractivity contribution is 8.63. The van der Waals surface area contributed by atoms with Crippen LogP contribution < -0.4 is 10.9 Å². The number of rotatable bonds is 7. The molecule has 2 amide bonds. The highest BCUT2D eigenvalue weighted by Gasteiger charge is 2.18. The van der Waals surface area contributed by atoms with Crippen LogP contribution in [0.4, 0.5) is 11.4 Å². The van der Waals surface area contributed by atoms with Crippen molar-refractivity contribution in [1.82, 2.24) is 21.0 Å². The summed E-state index contributed by atoms with van der Waals surface area (Å²) in [5.41, 5.74) is 5.58. The van der Waals surface area contributed by atoms with Gasteiger partial charge in [-0.2, -0.15) is 0 Å². The molecule has 2 aromatic carbocycles. The molecule has 1 heterocycles. The zero-order valence-electron chi connectivity index (χ0n) is 17.4. The molecule has 0 aliphatic heterocycles. The number of hydrazine groups is 1. The Balaban J connectivity index is 0.000000289. The van der Waals surface area contributed by atoms with E-state index in [4.69, 9.17) is 0 Å². The average molecular weight is 639 g/mol. The zero-order valence-corrected chi connectivity index (χ0v) is 24.0. The number of amides is 2. The van der Waals surface area contributed by atoms with Gasteiger partial charge in [-0.05, 0) is 62.4 Å². The number of carbonyl (C=O) groups excluding carboxylic acids is 2. The third-order valence-electron chi connectivity index (χ3n) is 3.41. The molecule has 0 aliphatic rings. The molecule has 1 aromatic heterocycles. The molecule has 0 saturated heterocycles. The van der Waals surface area contributed by atoms with Crippen LogP contribution in [0.3, 0.4) is 0 Å². The molecule has 0 unspecified atom stereocenters. The van der Waals surface area contributed by atoms with E-state index >= 15 is 0 Å². The normalized spacial score (nSPS) is 9.33. The first-order valence-corrected chi connectivity index (χ1v) is 18.1. The third kappa shape index (κ3) is 11.5. The van der Waals surface area contributed by atoms with Crippen LogP contribution in [0.1, 0.15) is 10.4 Å². The van der Waals surface area contributed by atoms with Crippen molar-refractivity contribution in [2.45, 2.75) is 0 Å². The summed E-state index contributed by atoms with van der Waals surface area (Å²) in [5, 5.41) is 29.2. The van der Waals surface area contributed by atoms with E-state index < -0.39 is 15.8 Å². The van der Waals surface area contributed by atoms with Gasteiger partial charge in [-0.15, -0.1) is 10.2 Å². The molecular formula is C16H12N6O6P2S6. The maximum atomic E-state index is 11.3. The SMILES string of the molecule is O=CNNC(=O)c1ccccc1[N+](=O)[O-].O=[N+]([O-])c1ccccc1-c1nncs1.S=PP=S=S=S=S. The number of nitro groups is 2. The van der Waals surface area contributed by atoms with Gasteiger partial charge in [0.2, 0.25) is 6.41 Å². The summed E-state index contributed by atoms with van der Waals surface area (Å²) in [6.07, 6.45) is 0.257. The molecule has 3 rings (SSSR count). The van der Waals surface area contributed by atoms with Crippen molar-refractivity contribution in [3.8, 4) is 10.6 Å². The molecular weight excluding hydrogens is 627 g/mol. The molecule has 0 fully saturated rings. The molecule has 20 heteroatoms. The van der Waals surface area contributed by atoms with Gasteiger partial charge in [0.15, 0.2) is 5.01 Å². The molecule has 0 saturated carbocycles. The Morgan fingerprint density at radius 2 is 1.72 bits per heavy atom. The summed E-state index contributed by atoms with van der Waals surface area (Å²) in [5.74, 6) is -0.741. The lowest BCUT2D eigenvalue weighted by atomic mass is 10.2. The molecule has 0 aliphatic carbocycles. The zero-order chi connectivity index (χ0) is 26.8. The summed E-state index contributed by atoms with van der Waals surface area (Å²) < 4.78 is 0. The Bertz CT molecular complexity index is 1360. The molecule has 0 radical (unpaired) electrons. The summed E-state index contributed by atoms with van der Waals surface area (Å²) >= 11 is 10.5. The van der Waals surface area contributed by atoms with Crippen molar-refractivity contribution < 1.29 is 19.4 Å². The van der Waals surface area contributed by atoms with E-state index in [-0.39, 0.29) is 23.3 Å². The number of carbonyl (C=O) groups is 2. The Morgan fingerprint density at radius 3 is 2.28 bits per heavy atom. The number of nitrogens with one attached hydrogen (secondary N) is 2. The lowest BCUT2D eigenvalue weighted by Crippen LogP contribution is -2.36. The fourth-order valence-electron chi connectivity index (χ4n) is 2.13. The van der Waals surface area contributed by atoms with Crippen molar-refractivity contribution >= 4 is 99.4 Å². The van der Waals surface area contributed by atoms with Crippen LogP contribution in [-0.4, -0.2) is 32.4 Å². The summed E-state index contributed by atoms with van der Waals surface area (Å²) in [6, 6.07) is 11.9. The maximum absolute atomic E-state index is 11.3. The highest BCUT2D eigenvalue weighted by atomic mass is 33.3. The smallest absolute Gasteiger partial charge is 0.277 e. The van der Waals surface area contributed by atoms with Gasteiger partial charge < -0.3 is 0 Å². The van der Waals surface area contributed by atoms with Crippen LogP contribution in [0.25, 0.3) is 10.6 Å². The largest absolute Gasteiger partial charge is 0.282 e. The quantitative estimate of drug-likeness (QED) is 0.168. The van der Waals surface area contributed by atoms with E-state index in [0.29, 0.717) is 10.6 Å². The lowest BCUT2D eigenvalue weighted by molar-refractivity contribution is -0.385. The standard InChI is InChI=1S/C8H7N3O4.C8H5N3O2S.P2S5/c12-5-9-10-8(13)6-3-1-2-4-7(6)11(14)15;12-11(13)7-4-2-1-3-6(7)8-10-9-5-14-8;3-1-2-5-7-6-4/h1-5H,(H,9,12)(H,10,13);1-5H;. The van der Waals surface area contributed by atoms with Gasteiger partial charge in [-0.3, -0.25) is 40.7 Å². The first-order valence-electron chi connectivity index (χ1n) is 8.75. The predicted octanol–water partition coefficient (Wildman–Crippen LogP) is 3.81. The predicted molar refractivity (Wildman–Crippen MR) is 152 cm³/mol. The maximum Gasteiger partial charge on any atom is 0.282 e.